The van der Waals surface area contributed by atoms with Crippen LogP contribution in [0.3, 0.4) is 0 Å². The van der Waals surface area contributed by atoms with Gasteiger partial charge in [-0.25, -0.2) is 14.3 Å². The van der Waals surface area contributed by atoms with Crippen molar-refractivity contribution in [1.29, 1.82) is 0 Å². The van der Waals surface area contributed by atoms with Crippen LogP contribution in [0, 0.1) is 0 Å². The van der Waals surface area contributed by atoms with Crippen molar-refractivity contribution in [3.05, 3.63) is 24.5 Å². The van der Waals surface area contributed by atoms with E-state index in [1.165, 1.54) is 6.20 Å². The molecule has 1 aliphatic rings. The number of pyridine rings is 1. The van der Waals surface area contributed by atoms with E-state index < -0.39 is 24.4 Å². The lowest BCUT2D eigenvalue weighted by Crippen LogP contribution is -2.41. The molecule has 1 saturated heterocycles. The summed E-state index contributed by atoms with van der Waals surface area (Å²) >= 11 is 0. The van der Waals surface area contributed by atoms with Crippen LogP contribution in [0.4, 0.5) is 4.79 Å². The average Bonchev–Trinajstić information content (AvgIpc) is 2.87. The third-order valence-electron chi connectivity index (χ3n) is 4.28. The smallest absolute Gasteiger partial charge is 0.464 e. The largest absolute Gasteiger partial charge is 0.496 e. The molecular formula is C14H17BN2O4. The van der Waals surface area contributed by atoms with Crippen LogP contribution in [0.2, 0.25) is 0 Å². The minimum Gasteiger partial charge on any atom is -0.464 e. The minimum absolute atomic E-state index is 0.405. The molecule has 0 unspecified atom stereocenters. The highest BCUT2D eigenvalue weighted by Crippen LogP contribution is 2.36. The van der Waals surface area contributed by atoms with Crippen LogP contribution >= 0.6 is 0 Å². The van der Waals surface area contributed by atoms with Gasteiger partial charge in [-0.2, -0.15) is 0 Å². The third kappa shape index (κ3) is 2.13. The summed E-state index contributed by atoms with van der Waals surface area (Å²) in [5.41, 5.74) is 0.353. The van der Waals surface area contributed by atoms with Crippen molar-refractivity contribution in [2.75, 3.05) is 0 Å². The van der Waals surface area contributed by atoms with Crippen molar-refractivity contribution in [2.24, 2.45) is 0 Å². The van der Waals surface area contributed by atoms with Crippen molar-refractivity contribution in [3.63, 3.8) is 0 Å². The Kier molecular flexibility index (Phi) is 2.90. The maximum Gasteiger partial charge on any atom is 0.496 e. The number of fused-ring (bicyclic) bond motifs is 1. The molecule has 7 heteroatoms. The Labute approximate surface area is 122 Å². The summed E-state index contributed by atoms with van der Waals surface area (Å²) in [5.74, 6) is 0. The number of aromatic nitrogens is 2. The third-order valence-corrected chi connectivity index (χ3v) is 4.28. The van der Waals surface area contributed by atoms with Gasteiger partial charge in [0.1, 0.15) is 5.65 Å². The Bertz CT molecular complexity index is 707. The van der Waals surface area contributed by atoms with Gasteiger partial charge in [-0.3, -0.25) is 0 Å². The summed E-state index contributed by atoms with van der Waals surface area (Å²) in [7, 11) is -0.500. The molecule has 3 heterocycles. The highest BCUT2D eigenvalue weighted by Gasteiger charge is 2.51. The van der Waals surface area contributed by atoms with Gasteiger partial charge in [-0.05, 0) is 39.8 Å². The molecule has 0 saturated carbocycles. The molecule has 3 rings (SSSR count). The standard InChI is InChI=1S/C14H17BN2O4/c1-13(2)14(3,4)21-15(20-13)10-7-9-5-6-17(12(18)19)11(9)16-8-10/h5-8H,1-4H3,(H,18,19). The molecule has 2 aromatic rings. The van der Waals surface area contributed by atoms with E-state index >= 15 is 0 Å². The van der Waals surface area contributed by atoms with Gasteiger partial charge in [0.15, 0.2) is 0 Å². The zero-order valence-corrected chi connectivity index (χ0v) is 12.5. The molecule has 0 atom stereocenters. The first-order valence-corrected chi connectivity index (χ1v) is 6.77. The fourth-order valence-corrected chi connectivity index (χ4v) is 2.30. The SMILES string of the molecule is CC1(C)OB(c2cnc3c(ccn3C(=O)O)c2)OC1(C)C. The van der Waals surface area contributed by atoms with E-state index in [1.807, 2.05) is 33.8 Å². The Hall–Kier alpha value is -1.86. The van der Waals surface area contributed by atoms with E-state index in [-0.39, 0.29) is 0 Å². The second kappa shape index (κ2) is 4.32. The molecule has 0 aliphatic carbocycles. The van der Waals surface area contributed by atoms with Crippen LogP contribution in [-0.2, 0) is 9.31 Å². The Morgan fingerprint density at radius 1 is 1.29 bits per heavy atom. The van der Waals surface area contributed by atoms with E-state index in [2.05, 4.69) is 4.98 Å². The summed E-state index contributed by atoms with van der Waals surface area (Å²) < 4.78 is 13.0. The van der Waals surface area contributed by atoms with E-state index in [4.69, 9.17) is 14.4 Å². The van der Waals surface area contributed by atoms with Gasteiger partial charge in [0.2, 0.25) is 0 Å². The van der Waals surface area contributed by atoms with Gasteiger partial charge in [0.05, 0.1) is 11.2 Å². The molecule has 21 heavy (non-hydrogen) atoms. The minimum atomic E-state index is -1.05. The van der Waals surface area contributed by atoms with E-state index in [0.717, 1.165) is 15.4 Å². The summed E-state index contributed by atoms with van der Waals surface area (Å²) in [6.07, 6.45) is 2.03. The highest BCUT2D eigenvalue weighted by molar-refractivity contribution is 6.62. The number of rotatable bonds is 1. The quantitative estimate of drug-likeness (QED) is 0.811. The normalized spacial score (nSPS) is 20.1. The summed E-state index contributed by atoms with van der Waals surface area (Å²) in [6.45, 7) is 7.94. The van der Waals surface area contributed by atoms with Crippen LogP contribution in [0.15, 0.2) is 24.5 Å². The van der Waals surface area contributed by atoms with Crippen LogP contribution in [0.5, 0.6) is 0 Å². The average molecular weight is 288 g/mol. The van der Waals surface area contributed by atoms with Gasteiger partial charge in [-0.1, -0.05) is 0 Å². The second-order valence-corrected chi connectivity index (χ2v) is 6.24. The molecule has 0 amide bonds. The molecule has 1 aliphatic heterocycles. The fraction of sp³-hybridized carbons (Fsp3) is 0.429. The number of hydrogen-bond donors (Lipinski definition) is 1. The first kappa shape index (κ1) is 14.1. The molecule has 2 aromatic heterocycles. The van der Waals surface area contributed by atoms with Gasteiger partial charge < -0.3 is 14.4 Å². The second-order valence-electron chi connectivity index (χ2n) is 6.24. The number of carbonyl (C=O) groups is 1. The van der Waals surface area contributed by atoms with Gasteiger partial charge in [-0.15, -0.1) is 0 Å². The van der Waals surface area contributed by atoms with Crippen LogP contribution in [0.25, 0.3) is 11.0 Å². The van der Waals surface area contributed by atoms with Gasteiger partial charge >= 0.3 is 13.2 Å². The van der Waals surface area contributed by atoms with Crippen LogP contribution < -0.4 is 5.46 Å². The summed E-state index contributed by atoms with van der Waals surface area (Å²) in [6, 6.07) is 3.56. The topological polar surface area (TPSA) is 73.6 Å². The number of hydrogen-bond acceptors (Lipinski definition) is 4. The van der Waals surface area contributed by atoms with Crippen molar-refractivity contribution in [1.82, 2.24) is 9.55 Å². The Morgan fingerprint density at radius 2 is 1.90 bits per heavy atom. The fourth-order valence-electron chi connectivity index (χ4n) is 2.30. The predicted molar refractivity (Wildman–Crippen MR) is 78.9 cm³/mol. The molecule has 6 nitrogen and oxygen atoms in total. The molecule has 110 valence electrons. The molecule has 1 fully saturated rings. The van der Waals surface area contributed by atoms with Crippen LogP contribution in [0.1, 0.15) is 27.7 Å². The lowest BCUT2D eigenvalue weighted by atomic mass is 9.80. The van der Waals surface area contributed by atoms with Crippen molar-refractivity contribution >= 4 is 29.7 Å². The first-order valence-electron chi connectivity index (χ1n) is 6.77. The molecule has 0 bridgehead atoms. The van der Waals surface area contributed by atoms with Crippen molar-refractivity contribution in [3.8, 4) is 0 Å². The van der Waals surface area contributed by atoms with E-state index in [0.29, 0.717) is 5.65 Å². The Morgan fingerprint density at radius 3 is 2.48 bits per heavy atom. The lowest BCUT2D eigenvalue weighted by molar-refractivity contribution is 0.00578. The lowest BCUT2D eigenvalue weighted by Gasteiger charge is -2.32. The number of carboxylic acid groups (broad SMARTS) is 1. The molecular weight excluding hydrogens is 271 g/mol. The number of nitrogens with zero attached hydrogens (tertiary/aromatic N) is 2. The maximum absolute atomic E-state index is 11.1. The molecule has 1 N–H and O–H groups in total. The monoisotopic (exact) mass is 288 g/mol. The van der Waals surface area contributed by atoms with E-state index in [1.54, 1.807) is 12.3 Å². The Balaban J connectivity index is 1.98. The highest BCUT2D eigenvalue weighted by atomic mass is 16.7. The first-order chi connectivity index (χ1) is 9.71. The van der Waals surface area contributed by atoms with Crippen molar-refractivity contribution < 1.29 is 19.2 Å². The molecule has 0 radical (unpaired) electrons. The predicted octanol–water partition coefficient (Wildman–Crippen LogP) is 1.86. The maximum atomic E-state index is 11.1. The molecule has 0 aromatic carbocycles. The van der Waals surface area contributed by atoms with Crippen LogP contribution in [-0.4, -0.2) is 39.1 Å². The van der Waals surface area contributed by atoms with Gasteiger partial charge in [0, 0.05) is 23.2 Å². The van der Waals surface area contributed by atoms with Gasteiger partial charge in [0.25, 0.3) is 0 Å². The zero-order valence-electron chi connectivity index (χ0n) is 12.5. The van der Waals surface area contributed by atoms with E-state index in [9.17, 15) is 4.79 Å². The summed E-state index contributed by atoms with van der Waals surface area (Å²) in [4.78, 5) is 15.3. The van der Waals surface area contributed by atoms with Crippen molar-refractivity contribution in [2.45, 2.75) is 38.9 Å². The molecule has 0 spiro atoms. The summed E-state index contributed by atoms with van der Waals surface area (Å²) in [5, 5.41) is 9.80. The zero-order chi connectivity index (χ0) is 15.4.